The molecule has 0 amide bonds. The number of halogens is 1. The molecule has 1 heterocycles. The summed E-state index contributed by atoms with van der Waals surface area (Å²) in [5, 5.41) is 8.52. The topological polar surface area (TPSA) is 26.7 Å². The van der Waals surface area contributed by atoms with Gasteiger partial charge in [0.2, 0.25) is 0 Å². The van der Waals surface area contributed by atoms with Crippen LogP contribution < -0.4 is 0 Å². The molecule has 0 aromatic rings. The van der Waals surface area contributed by atoms with E-state index in [1.165, 1.54) is 0 Å². The maximum absolute atomic E-state index is 8.52. The first-order valence-electron chi connectivity index (χ1n) is 3.06. The molecule has 0 bridgehead atoms. The maximum atomic E-state index is 8.52. The first-order chi connectivity index (χ1) is 4.33. The maximum Gasteiger partial charge on any atom is 0.0891 e. The Labute approximate surface area is 67.3 Å². The second-order valence-electron chi connectivity index (χ2n) is 2.23. The number of hydrogen-bond acceptors (Lipinski definition) is 3. The van der Waals surface area contributed by atoms with Gasteiger partial charge in [0.25, 0.3) is 0 Å². The van der Waals surface area contributed by atoms with Crippen molar-refractivity contribution in [2.24, 2.45) is 0 Å². The lowest BCUT2D eigenvalue weighted by Gasteiger charge is -2.15. The van der Waals surface area contributed by atoms with Crippen LogP contribution in [0.25, 0.3) is 0 Å². The van der Waals surface area contributed by atoms with Crippen molar-refractivity contribution in [3.05, 3.63) is 12.4 Å². The van der Waals surface area contributed by atoms with Gasteiger partial charge in [0.1, 0.15) is 0 Å². The SMILES string of the molecule is CN1C=CN(CCO)C1.Cl. The first-order valence-corrected chi connectivity index (χ1v) is 3.06. The van der Waals surface area contributed by atoms with Crippen molar-refractivity contribution in [1.82, 2.24) is 9.80 Å². The molecule has 1 rings (SSSR count). The van der Waals surface area contributed by atoms with E-state index in [9.17, 15) is 0 Å². The Bertz CT molecular complexity index is 118. The van der Waals surface area contributed by atoms with Crippen molar-refractivity contribution in [2.75, 3.05) is 26.9 Å². The molecule has 1 N–H and O–H groups in total. The highest BCUT2D eigenvalue weighted by molar-refractivity contribution is 5.85. The smallest absolute Gasteiger partial charge is 0.0891 e. The van der Waals surface area contributed by atoms with Gasteiger partial charge < -0.3 is 14.9 Å². The van der Waals surface area contributed by atoms with E-state index < -0.39 is 0 Å². The molecule has 10 heavy (non-hydrogen) atoms. The first kappa shape index (κ1) is 9.59. The van der Waals surface area contributed by atoms with E-state index in [0.717, 1.165) is 13.2 Å². The van der Waals surface area contributed by atoms with Gasteiger partial charge >= 0.3 is 0 Å². The minimum atomic E-state index is 0. The summed E-state index contributed by atoms with van der Waals surface area (Å²) >= 11 is 0. The molecule has 0 saturated heterocycles. The lowest BCUT2D eigenvalue weighted by molar-refractivity contribution is 0.217. The molecular weight excluding hydrogens is 152 g/mol. The van der Waals surface area contributed by atoms with Gasteiger partial charge in [-0.2, -0.15) is 0 Å². The van der Waals surface area contributed by atoms with Gasteiger partial charge in [-0.3, -0.25) is 0 Å². The van der Waals surface area contributed by atoms with Gasteiger partial charge in [0.05, 0.1) is 13.3 Å². The molecule has 4 heteroatoms. The molecule has 0 saturated carbocycles. The molecule has 0 aliphatic carbocycles. The van der Waals surface area contributed by atoms with E-state index in [1.807, 2.05) is 19.4 Å². The van der Waals surface area contributed by atoms with Crippen molar-refractivity contribution in [3.8, 4) is 0 Å². The molecule has 0 spiro atoms. The molecule has 0 atom stereocenters. The molecule has 3 nitrogen and oxygen atoms in total. The summed E-state index contributed by atoms with van der Waals surface area (Å²) in [6, 6.07) is 0. The van der Waals surface area contributed by atoms with Crippen molar-refractivity contribution in [2.45, 2.75) is 0 Å². The predicted molar refractivity (Wildman–Crippen MR) is 42.8 cm³/mol. The van der Waals surface area contributed by atoms with Crippen LogP contribution in [0.2, 0.25) is 0 Å². The standard InChI is InChI=1S/C6H12N2O.ClH/c1-7-2-3-8(6-7)4-5-9;/h2-3,9H,4-6H2,1H3;1H. The van der Waals surface area contributed by atoms with Crippen molar-refractivity contribution >= 4 is 12.4 Å². The van der Waals surface area contributed by atoms with Gasteiger partial charge in [-0.05, 0) is 0 Å². The quantitative estimate of drug-likeness (QED) is 0.626. The highest BCUT2D eigenvalue weighted by Gasteiger charge is 2.05. The van der Waals surface area contributed by atoms with Crippen LogP contribution in [-0.4, -0.2) is 41.8 Å². The third kappa shape index (κ3) is 2.45. The third-order valence-electron chi connectivity index (χ3n) is 1.32. The summed E-state index contributed by atoms with van der Waals surface area (Å²) in [6.07, 6.45) is 3.98. The van der Waals surface area contributed by atoms with Gasteiger partial charge in [-0.15, -0.1) is 12.4 Å². The lowest BCUT2D eigenvalue weighted by Crippen LogP contribution is -2.24. The van der Waals surface area contributed by atoms with E-state index in [0.29, 0.717) is 0 Å². The molecule has 1 aliphatic rings. The minimum absolute atomic E-state index is 0. The van der Waals surface area contributed by atoms with Gasteiger partial charge in [0.15, 0.2) is 0 Å². The van der Waals surface area contributed by atoms with Gasteiger partial charge in [-0.25, -0.2) is 0 Å². The van der Waals surface area contributed by atoms with Crippen LogP contribution in [0.5, 0.6) is 0 Å². The average Bonchev–Trinajstić information content (AvgIpc) is 2.17. The van der Waals surface area contributed by atoms with Gasteiger partial charge in [-0.1, -0.05) is 0 Å². The second-order valence-corrected chi connectivity index (χ2v) is 2.23. The molecule has 0 fully saturated rings. The Morgan fingerprint density at radius 3 is 2.60 bits per heavy atom. The summed E-state index contributed by atoms with van der Waals surface area (Å²) < 4.78 is 0. The molecule has 60 valence electrons. The second kappa shape index (κ2) is 4.41. The Hall–Kier alpha value is -0.410. The number of rotatable bonds is 2. The van der Waals surface area contributed by atoms with Crippen molar-refractivity contribution < 1.29 is 5.11 Å². The minimum Gasteiger partial charge on any atom is -0.395 e. The summed E-state index contributed by atoms with van der Waals surface area (Å²) in [4.78, 5) is 4.12. The van der Waals surface area contributed by atoms with Crippen molar-refractivity contribution in [1.29, 1.82) is 0 Å². The Morgan fingerprint density at radius 1 is 1.50 bits per heavy atom. The normalized spacial score (nSPS) is 15.8. The Balaban J connectivity index is 0.000000810. The Kier molecular flexibility index (Phi) is 4.23. The molecule has 0 aromatic carbocycles. The van der Waals surface area contributed by atoms with E-state index in [2.05, 4.69) is 9.80 Å². The molecule has 0 unspecified atom stereocenters. The van der Waals surface area contributed by atoms with E-state index in [-0.39, 0.29) is 19.0 Å². The van der Waals surface area contributed by atoms with Crippen LogP contribution >= 0.6 is 12.4 Å². The number of nitrogens with zero attached hydrogens (tertiary/aromatic N) is 2. The fourth-order valence-electron chi connectivity index (χ4n) is 0.863. The predicted octanol–water partition coefficient (Wildman–Crippen LogP) is 0.0766. The van der Waals surface area contributed by atoms with Crippen LogP contribution in [0.15, 0.2) is 12.4 Å². The third-order valence-corrected chi connectivity index (χ3v) is 1.32. The van der Waals surface area contributed by atoms with Crippen LogP contribution in [0.4, 0.5) is 0 Å². The zero-order valence-corrected chi connectivity index (χ0v) is 6.84. The summed E-state index contributed by atoms with van der Waals surface area (Å²) in [5.74, 6) is 0. The zero-order valence-electron chi connectivity index (χ0n) is 6.03. The summed E-state index contributed by atoms with van der Waals surface area (Å²) in [6.45, 7) is 1.87. The molecule has 1 aliphatic heterocycles. The van der Waals surface area contributed by atoms with Crippen LogP contribution in [0.1, 0.15) is 0 Å². The molecular formula is C6H13ClN2O. The van der Waals surface area contributed by atoms with E-state index >= 15 is 0 Å². The fraction of sp³-hybridized carbons (Fsp3) is 0.667. The number of aliphatic hydroxyl groups excluding tert-OH is 1. The monoisotopic (exact) mass is 164 g/mol. The highest BCUT2D eigenvalue weighted by atomic mass is 35.5. The van der Waals surface area contributed by atoms with E-state index in [1.54, 1.807) is 0 Å². The van der Waals surface area contributed by atoms with Gasteiger partial charge in [0, 0.05) is 26.0 Å². The molecule has 0 aromatic heterocycles. The van der Waals surface area contributed by atoms with Crippen molar-refractivity contribution in [3.63, 3.8) is 0 Å². The average molecular weight is 165 g/mol. The lowest BCUT2D eigenvalue weighted by atomic mass is 10.6. The molecule has 0 radical (unpaired) electrons. The fourth-order valence-corrected chi connectivity index (χ4v) is 0.863. The number of aliphatic hydroxyl groups is 1. The highest BCUT2D eigenvalue weighted by Crippen LogP contribution is 2.01. The number of β-amino-alcohol motifs (C(OH)–C–C–N with tert-alkyl or cyclic N) is 1. The number of hydrogen-bond donors (Lipinski definition) is 1. The van der Waals surface area contributed by atoms with Crippen LogP contribution in [0, 0.1) is 0 Å². The summed E-state index contributed by atoms with van der Waals surface area (Å²) in [5.41, 5.74) is 0. The van der Waals surface area contributed by atoms with Crippen LogP contribution in [0.3, 0.4) is 0 Å². The Morgan fingerprint density at radius 2 is 2.20 bits per heavy atom. The summed E-state index contributed by atoms with van der Waals surface area (Å²) in [7, 11) is 2.01. The van der Waals surface area contributed by atoms with E-state index in [4.69, 9.17) is 5.11 Å². The zero-order chi connectivity index (χ0) is 6.69. The van der Waals surface area contributed by atoms with Crippen LogP contribution in [-0.2, 0) is 0 Å². The largest absolute Gasteiger partial charge is 0.395 e.